The molecule has 2 aromatic rings. The van der Waals surface area contributed by atoms with Gasteiger partial charge in [0.2, 0.25) is 0 Å². The van der Waals surface area contributed by atoms with Crippen molar-refractivity contribution in [2.45, 2.75) is 12.8 Å². The van der Waals surface area contributed by atoms with Crippen molar-refractivity contribution < 1.29 is 9.13 Å². The highest BCUT2D eigenvalue weighted by atomic mass is 19.1. The molecule has 1 fully saturated rings. The van der Waals surface area contributed by atoms with Gasteiger partial charge in [-0.1, -0.05) is 0 Å². The number of nitrogens with two attached hydrogens (primary N) is 1. The topological polar surface area (TPSA) is 73.1 Å². The third kappa shape index (κ3) is 3.51. The highest BCUT2D eigenvalue weighted by Gasteiger charge is 2.14. The molecule has 0 radical (unpaired) electrons. The summed E-state index contributed by atoms with van der Waals surface area (Å²) in [6, 6.07) is 6.39. The molecule has 0 bridgehead atoms. The van der Waals surface area contributed by atoms with Crippen LogP contribution in [0.1, 0.15) is 12.8 Å². The molecule has 6 heteroatoms. The number of rotatable bonds is 4. The van der Waals surface area contributed by atoms with E-state index in [2.05, 4.69) is 15.3 Å². The summed E-state index contributed by atoms with van der Waals surface area (Å²) < 4.78 is 19.4. The fourth-order valence-electron chi connectivity index (χ4n) is 2.54. The largest absolute Gasteiger partial charge is 0.384 e. The van der Waals surface area contributed by atoms with Gasteiger partial charge in [0.15, 0.2) is 0 Å². The third-order valence-electron chi connectivity index (χ3n) is 3.81. The standard InChI is InChI=1S/C16H19FN4O/c17-13-1-2-15(20-10-11-4-7-22-8-5-11)21-16(13)12-3-6-19-14(18)9-12/h1-3,6,9,11H,4-5,7-8,10H2,(H2,18,19)(H,20,21). The van der Waals surface area contributed by atoms with Crippen molar-refractivity contribution in [3.8, 4) is 11.3 Å². The highest BCUT2D eigenvalue weighted by Crippen LogP contribution is 2.24. The molecule has 3 N–H and O–H groups in total. The van der Waals surface area contributed by atoms with Crippen LogP contribution in [0.4, 0.5) is 16.0 Å². The summed E-state index contributed by atoms with van der Waals surface area (Å²) in [5, 5.41) is 3.29. The zero-order chi connectivity index (χ0) is 15.4. The minimum atomic E-state index is -0.373. The highest BCUT2D eigenvalue weighted by molar-refractivity contribution is 5.64. The van der Waals surface area contributed by atoms with Crippen molar-refractivity contribution in [2.24, 2.45) is 5.92 Å². The Labute approximate surface area is 128 Å². The van der Waals surface area contributed by atoms with Crippen LogP contribution in [0.5, 0.6) is 0 Å². The lowest BCUT2D eigenvalue weighted by Crippen LogP contribution is -2.23. The first kappa shape index (κ1) is 14.7. The average molecular weight is 302 g/mol. The molecule has 1 aliphatic heterocycles. The predicted molar refractivity (Wildman–Crippen MR) is 83.9 cm³/mol. The Bertz CT molecular complexity index is 644. The van der Waals surface area contributed by atoms with E-state index in [1.807, 2.05) is 0 Å². The van der Waals surface area contributed by atoms with Crippen LogP contribution in [0.25, 0.3) is 11.3 Å². The van der Waals surface area contributed by atoms with Gasteiger partial charge in [0.05, 0.1) is 0 Å². The summed E-state index contributed by atoms with van der Waals surface area (Å²) in [6.45, 7) is 2.44. The molecule has 1 saturated heterocycles. The summed E-state index contributed by atoms with van der Waals surface area (Å²) in [6.07, 6.45) is 3.64. The number of nitrogen functional groups attached to an aromatic ring is 1. The predicted octanol–water partition coefficient (Wildman–Crippen LogP) is 2.70. The van der Waals surface area contributed by atoms with Crippen LogP contribution < -0.4 is 11.1 Å². The number of hydrogen-bond acceptors (Lipinski definition) is 5. The van der Waals surface area contributed by atoms with E-state index in [1.165, 1.54) is 6.07 Å². The molecular weight excluding hydrogens is 283 g/mol. The molecule has 1 aliphatic rings. The van der Waals surface area contributed by atoms with Crippen molar-refractivity contribution in [1.29, 1.82) is 0 Å². The molecule has 0 spiro atoms. The fourth-order valence-corrected chi connectivity index (χ4v) is 2.54. The van der Waals surface area contributed by atoms with Crippen molar-refractivity contribution in [3.05, 3.63) is 36.3 Å². The first-order valence-electron chi connectivity index (χ1n) is 7.42. The molecule has 0 unspecified atom stereocenters. The van der Waals surface area contributed by atoms with E-state index in [4.69, 9.17) is 10.5 Å². The van der Waals surface area contributed by atoms with Crippen LogP contribution in [-0.2, 0) is 4.74 Å². The number of ether oxygens (including phenoxy) is 1. The Morgan fingerprint density at radius 1 is 1.27 bits per heavy atom. The Kier molecular flexibility index (Phi) is 4.48. The molecular formula is C16H19FN4O. The van der Waals surface area contributed by atoms with Gasteiger partial charge in [0.1, 0.15) is 23.1 Å². The van der Waals surface area contributed by atoms with E-state index in [0.29, 0.717) is 23.1 Å². The van der Waals surface area contributed by atoms with E-state index in [0.717, 1.165) is 32.6 Å². The fraction of sp³-hybridized carbons (Fsp3) is 0.375. The summed E-state index contributed by atoms with van der Waals surface area (Å²) in [5.41, 5.74) is 6.56. The smallest absolute Gasteiger partial charge is 0.149 e. The molecule has 116 valence electrons. The van der Waals surface area contributed by atoms with Gasteiger partial charge in [-0.2, -0.15) is 0 Å². The first-order chi connectivity index (χ1) is 10.7. The molecule has 3 heterocycles. The van der Waals surface area contributed by atoms with Crippen molar-refractivity contribution in [2.75, 3.05) is 30.8 Å². The molecule has 3 rings (SSSR count). The minimum absolute atomic E-state index is 0.283. The molecule has 0 aliphatic carbocycles. The summed E-state index contributed by atoms with van der Waals surface area (Å²) in [4.78, 5) is 8.28. The van der Waals surface area contributed by atoms with Gasteiger partial charge in [0.25, 0.3) is 0 Å². The van der Waals surface area contributed by atoms with Gasteiger partial charge < -0.3 is 15.8 Å². The maximum atomic E-state index is 14.0. The van der Waals surface area contributed by atoms with Gasteiger partial charge in [0, 0.05) is 31.5 Å². The van der Waals surface area contributed by atoms with Crippen LogP contribution in [0.15, 0.2) is 30.5 Å². The van der Waals surface area contributed by atoms with E-state index < -0.39 is 0 Å². The van der Waals surface area contributed by atoms with Crippen LogP contribution in [0.3, 0.4) is 0 Å². The zero-order valence-electron chi connectivity index (χ0n) is 12.3. The van der Waals surface area contributed by atoms with E-state index in [9.17, 15) is 4.39 Å². The van der Waals surface area contributed by atoms with Crippen LogP contribution >= 0.6 is 0 Å². The quantitative estimate of drug-likeness (QED) is 0.908. The molecule has 2 aromatic heterocycles. The maximum absolute atomic E-state index is 14.0. The number of halogens is 1. The van der Waals surface area contributed by atoms with Crippen molar-refractivity contribution in [1.82, 2.24) is 9.97 Å². The molecule has 0 aromatic carbocycles. The van der Waals surface area contributed by atoms with Gasteiger partial charge in [-0.3, -0.25) is 0 Å². The van der Waals surface area contributed by atoms with Gasteiger partial charge in [-0.05, 0) is 43.0 Å². The third-order valence-corrected chi connectivity index (χ3v) is 3.81. The lowest BCUT2D eigenvalue weighted by molar-refractivity contribution is 0.0699. The number of aromatic nitrogens is 2. The second-order valence-electron chi connectivity index (χ2n) is 5.43. The van der Waals surface area contributed by atoms with Crippen LogP contribution in [-0.4, -0.2) is 29.7 Å². The second-order valence-corrected chi connectivity index (χ2v) is 5.43. The normalized spacial score (nSPS) is 15.7. The number of pyridine rings is 2. The maximum Gasteiger partial charge on any atom is 0.149 e. The second kappa shape index (κ2) is 6.70. The van der Waals surface area contributed by atoms with E-state index in [1.54, 1.807) is 24.4 Å². The average Bonchev–Trinajstić information content (AvgIpc) is 2.55. The number of hydrogen-bond donors (Lipinski definition) is 2. The lowest BCUT2D eigenvalue weighted by atomic mass is 10.0. The Morgan fingerprint density at radius 3 is 2.86 bits per heavy atom. The Morgan fingerprint density at radius 2 is 2.09 bits per heavy atom. The van der Waals surface area contributed by atoms with Gasteiger partial charge in [-0.25, -0.2) is 14.4 Å². The summed E-state index contributed by atoms with van der Waals surface area (Å²) in [7, 11) is 0. The SMILES string of the molecule is Nc1cc(-c2nc(NCC3CCOCC3)ccc2F)ccn1. The number of nitrogens with one attached hydrogen (secondary N) is 1. The van der Waals surface area contributed by atoms with E-state index in [-0.39, 0.29) is 11.5 Å². The molecule has 0 atom stereocenters. The lowest BCUT2D eigenvalue weighted by Gasteiger charge is -2.22. The van der Waals surface area contributed by atoms with Crippen LogP contribution in [0, 0.1) is 11.7 Å². The summed E-state index contributed by atoms with van der Waals surface area (Å²) >= 11 is 0. The minimum Gasteiger partial charge on any atom is -0.384 e. The molecule has 0 saturated carbocycles. The Balaban J connectivity index is 1.74. The van der Waals surface area contributed by atoms with Gasteiger partial charge in [-0.15, -0.1) is 0 Å². The molecule has 5 nitrogen and oxygen atoms in total. The van der Waals surface area contributed by atoms with Crippen molar-refractivity contribution in [3.63, 3.8) is 0 Å². The van der Waals surface area contributed by atoms with Crippen LogP contribution in [0.2, 0.25) is 0 Å². The Hall–Kier alpha value is -2.21. The monoisotopic (exact) mass is 302 g/mol. The molecule has 0 amide bonds. The number of anilines is 2. The van der Waals surface area contributed by atoms with Crippen molar-refractivity contribution >= 4 is 11.6 Å². The zero-order valence-corrected chi connectivity index (χ0v) is 12.3. The summed E-state index contributed by atoms with van der Waals surface area (Å²) in [5.74, 6) is 1.21. The molecule has 22 heavy (non-hydrogen) atoms. The van der Waals surface area contributed by atoms with E-state index >= 15 is 0 Å². The number of nitrogens with zero attached hydrogens (tertiary/aromatic N) is 2. The van der Waals surface area contributed by atoms with Gasteiger partial charge >= 0.3 is 0 Å². The first-order valence-corrected chi connectivity index (χ1v) is 7.42.